The van der Waals surface area contributed by atoms with Crippen LogP contribution in [0.5, 0.6) is 5.75 Å². The van der Waals surface area contributed by atoms with Crippen LogP contribution in [0.4, 0.5) is 4.79 Å². The van der Waals surface area contributed by atoms with Gasteiger partial charge in [-0.25, -0.2) is 14.3 Å². The molecule has 1 fully saturated rings. The molecular formula is C22H24N4O4. The lowest BCUT2D eigenvalue weighted by atomic mass is 10.1. The van der Waals surface area contributed by atoms with E-state index in [1.165, 1.54) is 4.68 Å². The molecule has 1 aliphatic rings. The SMILES string of the molecule is COc1cccc(-c2nn(C3CCN(C(=O)OCc4ccccc4)CC3)c(=O)[nH]2)c1. The molecule has 3 aromatic rings. The fraction of sp³-hybridized carbons (Fsp3) is 0.318. The number of hydrogen-bond donors (Lipinski definition) is 1. The highest BCUT2D eigenvalue weighted by atomic mass is 16.6. The average molecular weight is 408 g/mol. The van der Waals surface area contributed by atoms with Crippen LogP contribution in [0.1, 0.15) is 24.4 Å². The minimum Gasteiger partial charge on any atom is -0.497 e. The van der Waals surface area contributed by atoms with Crippen molar-refractivity contribution >= 4 is 6.09 Å². The smallest absolute Gasteiger partial charge is 0.410 e. The van der Waals surface area contributed by atoms with E-state index in [1.807, 2.05) is 54.6 Å². The largest absolute Gasteiger partial charge is 0.497 e. The van der Waals surface area contributed by atoms with Gasteiger partial charge >= 0.3 is 11.8 Å². The Morgan fingerprint density at radius 2 is 1.90 bits per heavy atom. The third-order valence-electron chi connectivity index (χ3n) is 5.26. The van der Waals surface area contributed by atoms with E-state index < -0.39 is 0 Å². The van der Waals surface area contributed by atoms with Gasteiger partial charge in [-0.05, 0) is 30.5 Å². The molecule has 0 saturated carbocycles. The maximum atomic E-state index is 12.5. The molecule has 2 aromatic carbocycles. The van der Waals surface area contributed by atoms with Crippen molar-refractivity contribution in [1.82, 2.24) is 19.7 Å². The van der Waals surface area contributed by atoms with E-state index in [4.69, 9.17) is 9.47 Å². The zero-order chi connectivity index (χ0) is 20.9. The monoisotopic (exact) mass is 408 g/mol. The maximum absolute atomic E-state index is 12.5. The number of aromatic amines is 1. The first-order chi connectivity index (χ1) is 14.6. The lowest BCUT2D eigenvalue weighted by molar-refractivity contribution is 0.0818. The summed E-state index contributed by atoms with van der Waals surface area (Å²) < 4.78 is 12.1. The number of amides is 1. The van der Waals surface area contributed by atoms with E-state index in [-0.39, 0.29) is 24.4 Å². The van der Waals surface area contributed by atoms with Crippen molar-refractivity contribution in [3.05, 3.63) is 70.6 Å². The van der Waals surface area contributed by atoms with Crippen LogP contribution in [0, 0.1) is 0 Å². The molecule has 0 bridgehead atoms. The van der Waals surface area contributed by atoms with Gasteiger partial charge in [-0.2, -0.15) is 0 Å². The van der Waals surface area contributed by atoms with Crippen LogP contribution >= 0.6 is 0 Å². The number of ether oxygens (including phenoxy) is 2. The number of methoxy groups -OCH3 is 1. The zero-order valence-electron chi connectivity index (χ0n) is 16.8. The van der Waals surface area contributed by atoms with Gasteiger partial charge in [-0.3, -0.25) is 4.98 Å². The summed E-state index contributed by atoms with van der Waals surface area (Å²) in [6.07, 6.45) is 0.953. The van der Waals surface area contributed by atoms with Gasteiger partial charge in [0.25, 0.3) is 0 Å². The summed E-state index contributed by atoms with van der Waals surface area (Å²) in [4.78, 5) is 29.3. The summed E-state index contributed by atoms with van der Waals surface area (Å²) in [5.74, 6) is 1.20. The summed E-state index contributed by atoms with van der Waals surface area (Å²) in [5.41, 5.74) is 1.49. The number of carbonyl (C=O) groups is 1. The third kappa shape index (κ3) is 4.37. The lowest BCUT2D eigenvalue weighted by Gasteiger charge is -2.30. The van der Waals surface area contributed by atoms with Crippen molar-refractivity contribution in [3.8, 4) is 17.1 Å². The second-order valence-electron chi connectivity index (χ2n) is 7.21. The highest BCUT2D eigenvalue weighted by Gasteiger charge is 2.27. The van der Waals surface area contributed by atoms with E-state index in [0.717, 1.165) is 11.1 Å². The zero-order valence-corrected chi connectivity index (χ0v) is 16.8. The van der Waals surface area contributed by atoms with Gasteiger partial charge < -0.3 is 14.4 Å². The lowest BCUT2D eigenvalue weighted by Crippen LogP contribution is -2.41. The van der Waals surface area contributed by atoms with Gasteiger partial charge in [-0.1, -0.05) is 42.5 Å². The van der Waals surface area contributed by atoms with Gasteiger partial charge in [-0.15, -0.1) is 5.10 Å². The summed E-state index contributed by atoms with van der Waals surface area (Å²) in [7, 11) is 1.60. The Hall–Kier alpha value is -3.55. The Kier molecular flexibility index (Phi) is 5.83. The number of nitrogens with one attached hydrogen (secondary N) is 1. The van der Waals surface area contributed by atoms with Crippen LogP contribution in [0.2, 0.25) is 0 Å². The Morgan fingerprint density at radius 3 is 2.63 bits per heavy atom. The quantitative estimate of drug-likeness (QED) is 0.700. The van der Waals surface area contributed by atoms with E-state index >= 15 is 0 Å². The van der Waals surface area contributed by atoms with Gasteiger partial charge in [0, 0.05) is 18.7 Å². The predicted molar refractivity (Wildman–Crippen MR) is 111 cm³/mol. The standard InChI is InChI=1S/C22H24N4O4/c1-29-19-9-5-8-17(14-19)20-23-21(27)26(24-20)18-10-12-25(13-11-18)22(28)30-15-16-6-3-2-4-7-16/h2-9,14,18H,10-13,15H2,1H3,(H,23,24,27). The van der Waals surface area contributed by atoms with Crippen molar-refractivity contribution in [2.75, 3.05) is 20.2 Å². The van der Waals surface area contributed by atoms with Crippen LogP contribution in [-0.2, 0) is 11.3 Å². The first kappa shape index (κ1) is 19.8. The molecule has 0 unspecified atom stereocenters. The van der Waals surface area contributed by atoms with Gasteiger partial charge in [0.05, 0.1) is 13.2 Å². The average Bonchev–Trinajstić information content (AvgIpc) is 3.20. The molecule has 2 heterocycles. The number of carbonyl (C=O) groups excluding carboxylic acids is 1. The van der Waals surface area contributed by atoms with Crippen molar-refractivity contribution in [3.63, 3.8) is 0 Å². The number of likely N-dealkylation sites (tertiary alicyclic amines) is 1. The molecule has 0 atom stereocenters. The summed E-state index contributed by atoms with van der Waals surface area (Å²) >= 11 is 0. The second kappa shape index (κ2) is 8.86. The highest BCUT2D eigenvalue weighted by molar-refractivity contribution is 5.67. The molecule has 1 N–H and O–H groups in total. The van der Waals surface area contributed by atoms with Crippen molar-refractivity contribution in [2.45, 2.75) is 25.5 Å². The molecule has 0 aliphatic carbocycles. The third-order valence-corrected chi connectivity index (χ3v) is 5.26. The molecule has 1 aliphatic heterocycles. The van der Waals surface area contributed by atoms with Gasteiger partial charge in [0.2, 0.25) is 0 Å². The number of piperidine rings is 1. The minimum atomic E-state index is -0.330. The molecule has 1 aromatic heterocycles. The molecule has 1 amide bonds. The molecule has 8 heteroatoms. The molecular weight excluding hydrogens is 384 g/mol. The molecule has 4 rings (SSSR count). The topological polar surface area (TPSA) is 89.4 Å². The number of rotatable bonds is 5. The predicted octanol–water partition coefficient (Wildman–Crippen LogP) is 3.22. The molecule has 1 saturated heterocycles. The Balaban J connectivity index is 1.36. The van der Waals surface area contributed by atoms with Crippen LogP contribution in [0.25, 0.3) is 11.4 Å². The van der Waals surface area contributed by atoms with Crippen molar-refractivity contribution in [1.29, 1.82) is 0 Å². The number of benzene rings is 2. The Labute approximate surface area is 174 Å². The highest BCUT2D eigenvalue weighted by Crippen LogP contribution is 2.24. The molecule has 0 spiro atoms. The fourth-order valence-electron chi connectivity index (χ4n) is 3.59. The van der Waals surface area contributed by atoms with E-state index in [1.54, 1.807) is 12.0 Å². The van der Waals surface area contributed by atoms with Crippen LogP contribution in [0.3, 0.4) is 0 Å². The second-order valence-corrected chi connectivity index (χ2v) is 7.21. The minimum absolute atomic E-state index is 0.0636. The molecule has 30 heavy (non-hydrogen) atoms. The van der Waals surface area contributed by atoms with E-state index in [9.17, 15) is 9.59 Å². The number of hydrogen-bond acceptors (Lipinski definition) is 5. The van der Waals surface area contributed by atoms with Crippen molar-refractivity contribution in [2.24, 2.45) is 0 Å². The summed E-state index contributed by atoms with van der Waals surface area (Å²) in [6.45, 7) is 1.29. The number of nitrogens with zero attached hydrogens (tertiary/aromatic N) is 3. The molecule has 156 valence electrons. The summed E-state index contributed by atoms with van der Waals surface area (Å²) in [5, 5.41) is 4.48. The number of H-pyrrole nitrogens is 1. The number of aromatic nitrogens is 3. The normalized spacial score (nSPS) is 14.5. The van der Waals surface area contributed by atoms with Gasteiger partial charge in [0.1, 0.15) is 12.4 Å². The van der Waals surface area contributed by atoms with E-state index in [0.29, 0.717) is 37.5 Å². The summed E-state index contributed by atoms with van der Waals surface area (Å²) in [6, 6.07) is 16.9. The first-order valence-corrected chi connectivity index (χ1v) is 9.93. The Bertz CT molecular complexity index is 1050. The molecule has 0 radical (unpaired) electrons. The fourth-order valence-corrected chi connectivity index (χ4v) is 3.59. The van der Waals surface area contributed by atoms with Crippen LogP contribution < -0.4 is 10.4 Å². The maximum Gasteiger partial charge on any atom is 0.410 e. The van der Waals surface area contributed by atoms with E-state index in [2.05, 4.69) is 10.1 Å². The Morgan fingerprint density at radius 1 is 1.13 bits per heavy atom. The molecule has 8 nitrogen and oxygen atoms in total. The first-order valence-electron chi connectivity index (χ1n) is 9.93. The van der Waals surface area contributed by atoms with Crippen LogP contribution in [-0.4, -0.2) is 46.0 Å². The van der Waals surface area contributed by atoms with Crippen molar-refractivity contribution < 1.29 is 14.3 Å². The van der Waals surface area contributed by atoms with Gasteiger partial charge in [0.15, 0.2) is 5.82 Å². The van der Waals surface area contributed by atoms with Crippen LogP contribution in [0.15, 0.2) is 59.4 Å².